The van der Waals surface area contributed by atoms with Crippen molar-refractivity contribution in [3.05, 3.63) is 65.7 Å². The minimum absolute atomic E-state index is 0.217. The lowest BCUT2D eigenvalue weighted by Gasteiger charge is -2.36. The second-order valence-electron chi connectivity index (χ2n) is 9.23. The molecule has 0 radical (unpaired) electrons. The number of hydrogen-bond donors (Lipinski definition) is 1. The average Bonchev–Trinajstić information content (AvgIpc) is 2.97. The first kappa shape index (κ1) is 20.6. The summed E-state index contributed by atoms with van der Waals surface area (Å²) in [6, 6.07) is 17.5. The fourth-order valence-electron chi connectivity index (χ4n) is 4.61. The van der Waals surface area contributed by atoms with E-state index in [4.69, 9.17) is 4.74 Å². The van der Waals surface area contributed by atoms with Crippen LogP contribution in [0, 0.1) is 0 Å². The highest BCUT2D eigenvalue weighted by molar-refractivity contribution is 6.22. The van der Waals surface area contributed by atoms with Crippen molar-refractivity contribution < 1.29 is 14.3 Å². The van der Waals surface area contributed by atoms with Gasteiger partial charge in [0.05, 0.1) is 5.69 Å². The fraction of sp³-hybridized carbons (Fsp3) is 0.440. The van der Waals surface area contributed by atoms with Crippen molar-refractivity contribution in [3.8, 4) is 0 Å². The number of fused-ring (bicyclic) bond motifs is 1. The van der Waals surface area contributed by atoms with Crippen LogP contribution in [0.3, 0.4) is 0 Å². The van der Waals surface area contributed by atoms with Crippen LogP contribution in [0.4, 0.5) is 10.5 Å². The molecule has 0 aromatic heterocycles. The second-order valence-corrected chi connectivity index (χ2v) is 9.23. The Kier molecular flexibility index (Phi) is 5.41. The Hall–Kier alpha value is -2.66. The molecule has 2 amide bonds. The van der Waals surface area contributed by atoms with Gasteiger partial charge >= 0.3 is 6.09 Å². The Morgan fingerprint density at radius 3 is 2.30 bits per heavy atom. The van der Waals surface area contributed by atoms with Gasteiger partial charge in [0.25, 0.3) is 5.91 Å². The number of imide groups is 1. The van der Waals surface area contributed by atoms with Gasteiger partial charge in [0.2, 0.25) is 0 Å². The summed E-state index contributed by atoms with van der Waals surface area (Å²) < 4.78 is 5.61. The molecule has 1 saturated carbocycles. The number of hydrogen-bond acceptors (Lipinski definition) is 4. The molecule has 5 nitrogen and oxygen atoms in total. The largest absolute Gasteiger partial charge is 0.443 e. The summed E-state index contributed by atoms with van der Waals surface area (Å²) in [4.78, 5) is 28.4. The normalized spacial score (nSPS) is 22.1. The van der Waals surface area contributed by atoms with Gasteiger partial charge in [-0.1, -0.05) is 67.8 Å². The Bertz CT molecular complexity index is 929. The average molecular weight is 407 g/mol. The van der Waals surface area contributed by atoms with Crippen LogP contribution < -0.4 is 10.2 Å². The number of carbonyl (C=O) groups is 2. The van der Waals surface area contributed by atoms with Gasteiger partial charge in [0, 0.05) is 11.6 Å². The zero-order valence-corrected chi connectivity index (χ0v) is 18.0. The maximum Gasteiger partial charge on any atom is 0.421 e. The van der Waals surface area contributed by atoms with Crippen molar-refractivity contribution in [2.45, 2.75) is 70.1 Å². The van der Waals surface area contributed by atoms with Crippen LogP contribution in [0.1, 0.15) is 64.0 Å². The molecular weight excluding hydrogens is 376 g/mol. The summed E-state index contributed by atoms with van der Waals surface area (Å²) in [7, 11) is 0. The minimum atomic E-state index is -1.10. The highest BCUT2D eigenvalue weighted by Crippen LogP contribution is 2.46. The first-order chi connectivity index (χ1) is 14.3. The minimum Gasteiger partial charge on any atom is -0.443 e. The van der Waals surface area contributed by atoms with Gasteiger partial charge in [-0.3, -0.25) is 10.1 Å². The maximum absolute atomic E-state index is 14.0. The number of benzene rings is 2. The molecule has 158 valence electrons. The van der Waals surface area contributed by atoms with Crippen molar-refractivity contribution in [3.63, 3.8) is 0 Å². The zero-order valence-electron chi connectivity index (χ0n) is 18.0. The van der Waals surface area contributed by atoms with E-state index in [0.29, 0.717) is 5.69 Å². The van der Waals surface area contributed by atoms with Gasteiger partial charge in [-0.05, 0) is 45.2 Å². The van der Waals surface area contributed by atoms with Gasteiger partial charge in [-0.25, -0.2) is 9.69 Å². The Morgan fingerprint density at radius 1 is 1.00 bits per heavy atom. The van der Waals surface area contributed by atoms with Crippen LogP contribution in [0.25, 0.3) is 0 Å². The van der Waals surface area contributed by atoms with Crippen molar-refractivity contribution in [1.82, 2.24) is 5.32 Å². The highest BCUT2D eigenvalue weighted by atomic mass is 16.6. The van der Waals surface area contributed by atoms with Crippen molar-refractivity contribution in [2.75, 3.05) is 4.90 Å². The van der Waals surface area contributed by atoms with E-state index in [1.54, 1.807) is 0 Å². The van der Waals surface area contributed by atoms with Gasteiger partial charge < -0.3 is 4.74 Å². The van der Waals surface area contributed by atoms with E-state index in [1.165, 1.54) is 11.3 Å². The van der Waals surface area contributed by atoms with E-state index in [2.05, 4.69) is 5.32 Å². The van der Waals surface area contributed by atoms with Crippen molar-refractivity contribution in [1.29, 1.82) is 0 Å². The summed E-state index contributed by atoms with van der Waals surface area (Å²) in [5.74, 6) is -0.297. The summed E-state index contributed by atoms with van der Waals surface area (Å²) >= 11 is 0. The second kappa shape index (κ2) is 7.88. The predicted molar refractivity (Wildman–Crippen MR) is 117 cm³/mol. The summed E-state index contributed by atoms with van der Waals surface area (Å²) in [5, 5.41) is 3.70. The van der Waals surface area contributed by atoms with Crippen LogP contribution >= 0.6 is 0 Å². The van der Waals surface area contributed by atoms with Crippen molar-refractivity contribution in [2.24, 2.45) is 0 Å². The third kappa shape index (κ3) is 3.63. The number of rotatable bonds is 3. The number of para-hydroxylation sites is 1. The Balaban J connectivity index is 1.85. The predicted octanol–water partition coefficient (Wildman–Crippen LogP) is 5.13. The molecule has 30 heavy (non-hydrogen) atoms. The number of carbonyl (C=O) groups excluding carboxylic acids is 2. The van der Waals surface area contributed by atoms with E-state index < -0.39 is 17.2 Å². The fourth-order valence-corrected chi connectivity index (χ4v) is 4.61. The Labute approximate surface area is 178 Å². The highest BCUT2D eigenvalue weighted by Gasteiger charge is 2.55. The molecule has 0 saturated heterocycles. The van der Waals surface area contributed by atoms with Gasteiger partial charge in [0.15, 0.2) is 5.54 Å². The molecule has 5 heteroatoms. The number of amides is 2. The van der Waals surface area contributed by atoms with Crippen LogP contribution in [0.5, 0.6) is 0 Å². The molecule has 1 heterocycles. The molecule has 2 aromatic carbocycles. The summed E-state index contributed by atoms with van der Waals surface area (Å²) in [5.41, 5.74) is 0.443. The van der Waals surface area contributed by atoms with E-state index in [0.717, 1.165) is 36.8 Å². The molecule has 4 rings (SSSR count). The van der Waals surface area contributed by atoms with E-state index in [1.807, 2.05) is 75.4 Å². The standard InChI is InChI=1S/C25H30N2O3/c1-24(2,3)30-23(29)27-21-17-11-10-16-20(21)25(22(27)28,18-12-6-4-7-13-18)26-19-14-8-5-9-15-19/h4,6-7,10-13,16-17,19,26H,5,8-9,14-15H2,1-3H3/t25-/m1/s1. The number of nitrogens with zero attached hydrogens (tertiary/aromatic N) is 1. The molecule has 1 N–H and O–H groups in total. The molecule has 0 bridgehead atoms. The first-order valence-corrected chi connectivity index (χ1v) is 10.8. The van der Waals surface area contributed by atoms with E-state index >= 15 is 0 Å². The monoisotopic (exact) mass is 406 g/mol. The number of anilines is 1. The van der Waals surface area contributed by atoms with Crippen LogP contribution in [-0.4, -0.2) is 23.6 Å². The molecule has 2 aromatic rings. The van der Waals surface area contributed by atoms with E-state index in [9.17, 15) is 9.59 Å². The van der Waals surface area contributed by atoms with Crippen LogP contribution in [0.2, 0.25) is 0 Å². The molecule has 1 aliphatic heterocycles. The van der Waals surface area contributed by atoms with E-state index in [-0.39, 0.29) is 11.9 Å². The molecular formula is C25H30N2O3. The summed E-state index contributed by atoms with van der Waals surface area (Å²) in [6.07, 6.45) is 4.93. The molecule has 2 aliphatic rings. The lowest BCUT2D eigenvalue weighted by molar-refractivity contribution is -0.123. The van der Waals surface area contributed by atoms with Crippen LogP contribution in [0.15, 0.2) is 54.6 Å². The number of ether oxygens (including phenoxy) is 1. The summed E-state index contributed by atoms with van der Waals surface area (Å²) in [6.45, 7) is 5.42. The quantitative estimate of drug-likeness (QED) is 0.767. The molecule has 1 aliphatic carbocycles. The van der Waals surface area contributed by atoms with Crippen LogP contribution in [-0.2, 0) is 15.1 Å². The first-order valence-electron chi connectivity index (χ1n) is 10.8. The third-order valence-electron chi connectivity index (χ3n) is 5.88. The van der Waals surface area contributed by atoms with Gasteiger partial charge in [-0.2, -0.15) is 0 Å². The van der Waals surface area contributed by atoms with Crippen molar-refractivity contribution >= 4 is 17.7 Å². The number of nitrogens with one attached hydrogen (secondary N) is 1. The molecule has 0 unspecified atom stereocenters. The maximum atomic E-state index is 14.0. The smallest absolute Gasteiger partial charge is 0.421 e. The lowest BCUT2D eigenvalue weighted by Crippen LogP contribution is -2.56. The Morgan fingerprint density at radius 2 is 1.63 bits per heavy atom. The SMILES string of the molecule is CC(C)(C)OC(=O)N1C(=O)[C@@](NC2CCCCC2)(c2ccccc2)c2ccccc21. The molecule has 1 fully saturated rings. The van der Waals surface area contributed by atoms with Gasteiger partial charge in [0.1, 0.15) is 5.60 Å². The topological polar surface area (TPSA) is 58.6 Å². The molecule has 0 spiro atoms. The molecule has 1 atom stereocenters. The third-order valence-corrected chi connectivity index (χ3v) is 5.88. The zero-order chi connectivity index (χ0) is 21.4. The van der Waals surface area contributed by atoms with Gasteiger partial charge in [-0.15, -0.1) is 0 Å². The lowest BCUT2D eigenvalue weighted by atomic mass is 9.81.